The van der Waals surface area contributed by atoms with E-state index in [2.05, 4.69) is 31.2 Å². The van der Waals surface area contributed by atoms with Crippen LogP contribution in [0.15, 0.2) is 66.7 Å². The smallest absolute Gasteiger partial charge is 0.199 e. The quantitative estimate of drug-likeness (QED) is 0.324. The molecule has 2 fully saturated rings. The van der Waals surface area contributed by atoms with Crippen molar-refractivity contribution in [2.75, 3.05) is 13.2 Å². The fraction of sp³-hybridized carbons (Fsp3) is 0.424. The number of benzene rings is 3. The zero-order valence-electron chi connectivity index (χ0n) is 22.5. The van der Waals surface area contributed by atoms with Gasteiger partial charge >= 0.3 is 0 Å². The van der Waals surface area contributed by atoms with E-state index in [1.54, 1.807) is 6.07 Å². The minimum absolute atomic E-state index is 0.00176. The van der Waals surface area contributed by atoms with E-state index in [1.807, 2.05) is 36.4 Å². The normalized spacial score (nSPS) is 24.9. The van der Waals surface area contributed by atoms with Crippen LogP contribution in [0.5, 0.6) is 17.2 Å². The van der Waals surface area contributed by atoms with Gasteiger partial charge in [0.1, 0.15) is 23.4 Å². The highest BCUT2D eigenvalue weighted by Gasteiger charge is 2.40. The van der Waals surface area contributed by atoms with Gasteiger partial charge in [-0.1, -0.05) is 43.3 Å². The van der Waals surface area contributed by atoms with Crippen molar-refractivity contribution in [3.63, 3.8) is 0 Å². The van der Waals surface area contributed by atoms with Crippen LogP contribution in [-0.4, -0.2) is 31.6 Å². The Morgan fingerprint density at radius 2 is 1.46 bits per heavy atom. The number of hydrogen-bond donors (Lipinski definition) is 0. The van der Waals surface area contributed by atoms with E-state index in [-0.39, 0.29) is 18.4 Å². The predicted molar refractivity (Wildman–Crippen MR) is 148 cm³/mol. The van der Waals surface area contributed by atoms with Gasteiger partial charge in [0.05, 0.1) is 24.7 Å². The van der Waals surface area contributed by atoms with Crippen LogP contribution in [0.3, 0.4) is 0 Å². The third kappa shape index (κ3) is 5.82. The van der Waals surface area contributed by atoms with Gasteiger partial charge in [0.2, 0.25) is 0 Å². The Labute approximate surface area is 230 Å². The van der Waals surface area contributed by atoms with Crippen LogP contribution in [0.2, 0.25) is 0 Å². The highest BCUT2D eigenvalue weighted by atomic mass is 16.7. The van der Waals surface area contributed by atoms with Crippen LogP contribution in [0, 0.1) is 0 Å². The van der Waals surface area contributed by atoms with Crippen molar-refractivity contribution in [1.82, 2.24) is 0 Å². The SMILES string of the molecule is CCc1ccc(C2Oc3ccc(OC4CCCCO4)cc3C(=O)C2c2cccc(OC3CCCCO3)c2)cc1. The lowest BCUT2D eigenvalue weighted by atomic mass is 9.80. The summed E-state index contributed by atoms with van der Waals surface area (Å²) in [7, 11) is 0. The second-order valence-electron chi connectivity index (χ2n) is 10.5. The van der Waals surface area contributed by atoms with Crippen molar-refractivity contribution in [2.45, 2.75) is 76.5 Å². The van der Waals surface area contributed by atoms with Crippen molar-refractivity contribution in [3.05, 3.63) is 89.0 Å². The molecule has 2 saturated heterocycles. The first-order valence-corrected chi connectivity index (χ1v) is 14.3. The summed E-state index contributed by atoms with van der Waals surface area (Å²) in [5.41, 5.74) is 3.59. The van der Waals surface area contributed by atoms with Gasteiger partial charge in [0.25, 0.3) is 0 Å². The van der Waals surface area contributed by atoms with Crippen molar-refractivity contribution < 1.29 is 28.5 Å². The van der Waals surface area contributed by atoms with Crippen LogP contribution in [0.4, 0.5) is 0 Å². The maximum atomic E-state index is 14.2. The molecule has 6 heteroatoms. The second-order valence-corrected chi connectivity index (χ2v) is 10.5. The molecule has 4 unspecified atom stereocenters. The molecule has 6 rings (SSSR count). The second kappa shape index (κ2) is 11.8. The molecule has 3 aromatic carbocycles. The molecule has 0 aliphatic carbocycles. The molecule has 3 aliphatic heterocycles. The molecule has 3 aromatic rings. The fourth-order valence-corrected chi connectivity index (χ4v) is 5.61. The predicted octanol–water partition coefficient (Wildman–Crippen LogP) is 7.16. The molecule has 204 valence electrons. The summed E-state index contributed by atoms with van der Waals surface area (Å²) < 4.78 is 30.4. The van der Waals surface area contributed by atoms with Crippen LogP contribution >= 0.6 is 0 Å². The third-order valence-electron chi connectivity index (χ3n) is 7.80. The van der Waals surface area contributed by atoms with E-state index in [0.29, 0.717) is 36.0 Å². The number of fused-ring (bicyclic) bond motifs is 1. The van der Waals surface area contributed by atoms with Crippen molar-refractivity contribution in [2.24, 2.45) is 0 Å². The zero-order chi connectivity index (χ0) is 26.6. The van der Waals surface area contributed by atoms with Gasteiger partial charge in [0, 0.05) is 12.8 Å². The van der Waals surface area contributed by atoms with Gasteiger partial charge in [0.15, 0.2) is 18.4 Å². The van der Waals surface area contributed by atoms with E-state index < -0.39 is 12.0 Å². The minimum Gasteiger partial charge on any atom is -0.484 e. The first-order chi connectivity index (χ1) is 19.2. The van der Waals surface area contributed by atoms with E-state index in [4.69, 9.17) is 23.7 Å². The number of Topliss-reactive ketones (excluding diaryl/α,β-unsaturated/α-hetero) is 1. The Morgan fingerprint density at radius 1 is 0.769 bits per heavy atom. The number of aryl methyl sites for hydroxylation is 1. The van der Waals surface area contributed by atoms with Gasteiger partial charge in [-0.05, 0) is 79.1 Å². The standard InChI is InChI=1S/C33H36O6/c1-2-22-12-14-23(15-13-22)33-31(24-8-7-9-25(20-24)37-29-10-3-5-18-35-29)32(34)27-21-26(16-17-28(27)39-33)38-30-11-4-6-19-36-30/h7-9,12-17,20-21,29-31,33H,2-6,10-11,18-19H2,1H3. The lowest BCUT2D eigenvalue weighted by molar-refractivity contribution is -0.106. The summed E-state index contributed by atoms with van der Waals surface area (Å²) in [5.74, 6) is 1.35. The number of rotatable bonds is 7. The lowest BCUT2D eigenvalue weighted by Gasteiger charge is -2.34. The molecular weight excluding hydrogens is 492 g/mol. The molecule has 0 saturated carbocycles. The molecule has 0 N–H and O–H groups in total. The summed E-state index contributed by atoms with van der Waals surface area (Å²) in [5, 5.41) is 0. The van der Waals surface area contributed by atoms with E-state index >= 15 is 0 Å². The van der Waals surface area contributed by atoms with Crippen molar-refractivity contribution in [3.8, 4) is 17.2 Å². The maximum absolute atomic E-state index is 14.2. The third-order valence-corrected chi connectivity index (χ3v) is 7.80. The minimum atomic E-state index is -0.540. The zero-order valence-corrected chi connectivity index (χ0v) is 22.5. The van der Waals surface area contributed by atoms with E-state index in [0.717, 1.165) is 56.1 Å². The van der Waals surface area contributed by atoms with E-state index in [1.165, 1.54) is 5.56 Å². The number of ketones is 1. The molecule has 0 radical (unpaired) electrons. The summed E-state index contributed by atoms with van der Waals surface area (Å²) in [6.45, 7) is 3.54. The summed E-state index contributed by atoms with van der Waals surface area (Å²) in [6, 6.07) is 21.7. The number of ether oxygens (including phenoxy) is 5. The first-order valence-electron chi connectivity index (χ1n) is 14.3. The Balaban J connectivity index is 1.33. The average molecular weight is 529 g/mol. The Bertz CT molecular complexity index is 1270. The molecule has 4 atom stereocenters. The molecule has 6 nitrogen and oxygen atoms in total. The molecule has 3 heterocycles. The summed E-state index contributed by atoms with van der Waals surface area (Å²) in [4.78, 5) is 14.2. The molecule has 0 amide bonds. The Morgan fingerprint density at radius 3 is 2.10 bits per heavy atom. The lowest BCUT2D eigenvalue weighted by Crippen LogP contribution is -2.30. The van der Waals surface area contributed by atoms with Crippen molar-refractivity contribution in [1.29, 1.82) is 0 Å². The molecule has 0 spiro atoms. The molecule has 39 heavy (non-hydrogen) atoms. The molecule has 0 aromatic heterocycles. The van der Waals surface area contributed by atoms with Gasteiger partial charge in [-0.3, -0.25) is 4.79 Å². The highest BCUT2D eigenvalue weighted by molar-refractivity contribution is 6.05. The summed E-state index contributed by atoms with van der Waals surface area (Å²) >= 11 is 0. The molecule has 3 aliphatic rings. The number of hydrogen-bond acceptors (Lipinski definition) is 6. The maximum Gasteiger partial charge on any atom is 0.199 e. The summed E-state index contributed by atoms with van der Waals surface area (Å²) in [6.07, 6.45) is 5.92. The fourth-order valence-electron chi connectivity index (χ4n) is 5.61. The Kier molecular flexibility index (Phi) is 7.84. The van der Waals surface area contributed by atoms with Crippen LogP contribution in [0.25, 0.3) is 0 Å². The van der Waals surface area contributed by atoms with Crippen molar-refractivity contribution >= 4 is 5.78 Å². The number of carbonyl (C=O) groups excluding carboxylic acids is 1. The monoisotopic (exact) mass is 528 g/mol. The van der Waals surface area contributed by atoms with Gasteiger partial charge in [-0.2, -0.15) is 0 Å². The van der Waals surface area contributed by atoms with Crippen LogP contribution in [-0.2, 0) is 15.9 Å². The topological polar surface area (TPSA) is 63.2 Å². The van der Waals surface area contributed by atoms with Crippen LogP contribution in [0.1, 0.15) is 84.5 Å². The largest absolute Gasteiger partial charge is 0.484 e. The van der Waals surface area contributed by atoms with Gasteiger partial charge in [-0.25, -0.2) is 0 Å². The van der Waals surface area contributed by atoms with Gasteiger partial charge in [-0.15, -0.1) is 0 Å². The molecular formula is C33H36O6. The number of carbonyl (C=O) groups is 1. The van der Waals surface area contributed by atoms with E-state index in [9.17, 15) is 4.79 Å². The molecule has 0 bridgehead atoms. The highest BCUT2D eigenvalue weighted by Crippen LogP contribution is 2.45. The average Bonchev–Trinajstić information content (AvgIpc) is 2.98. The first kappa shape index (κ1) is 25.9. The Hall–Kier alpha value is -3.35. The van der Waals surface area contributed by atoms with Crippen LogP contribution < -0.4 is 14.2 Å². The van der Waals surface area contributed by atoms with Gasteiger partial charge < -0.3 is 23.7 Å².